The molecule has 3 aromatic rings. The fourth-order valence-corrected chi connectivity index (χ4v) is 3.74. The molecule has 0 saturated carbocycles. The number of halogens is 1. The van der Waals surface area contributed by atoms with Crippen LogP contribution in [0.2, 0.25) is 5.02 Å². The minimum absolute atomic E-state index is 0.0181. The van der Waals surface area contributed by atoms with Crippen molar-refractivity contribution in [2.24, 2.45) is 0 Å². The van der Waals surface area contributed by atoms with Crippen LogP contribution in [0.3, 0.4) is 0 Å². The van der Waals surface area contributed by atoms with Crippen LogP contribution < -0.4 is 5.32 Å². The predicted octanol–water partition coefficient (Wildman–Crippen LogP) is 5.35. The SMILES string of the molecule is O=C(N[C@@H]1C[C@@H](c2ccc(Cl)cc2)c2ccccc21)c1ccccc1. The number of carbonyl (C=O) groups excluding carboxylic acids is 1. The zero-order valence-electron chi connectivity index (χ0n) is 13.7. The summed E-state index contributed by atoms with van der Waals surface area (Å²) in [5.74, 6) is 0.242. The van der Waals surface area contributed by atoms with Crippen molar-refractivity contribution < 1.29 is 4.79 Å². The van der Waals surface area contributed by atoms with Crippen LogP contribution in [0, 0.1) is 0 Å². The number of hydrogen-bond acceptors (Lipinski definition) is 1. The molecule has 0 aromatic heterocycles. The molecule has 2 nitrogen and oxygen atoms in total. The topological polar surface area (TPSA) is 29.1 Å². The molecule has 1 aliphatic rings. The van der Waals surface area contributed by atoms with E-state index in [-0.39, 0.29) is 17.9 Å². The van der Waals surface area contributed by atoms with Gasteiger partial charge in [-0.3, -0.25) is 4.79 Å². The van der Waals surface area contributed by atoms with Crippen LogP contribution in [-0.2, 0) is 0 Å². The monoisotopic (exact) mass is 347 g/mol. The Hall–Kier alpha value is -2.58. The third kappa shape index (κ3) is 3.18. The molecule has 2 atom stereocenters. The van der Waals surface area contributed by atoms with Gasteiger partial charge in [-0.1, -0.05) is 66.2 Å². The second-order valence-electron chi connectivity index (χ2n) is 6.36. The van der Waals surface area contributed by atoms with Gasteiger partial charge in [0, 0.05) is 16.5 Å². The van der Waals surface area contributed by atoms with E-state index in [9.17, 15) is 4.79 Å². The maximum Gasteiger partial charge on any atom is 0.251 e. The van der Waals surface area contributed by atoms with Crippen molar-refractivity contribution in [2.75, 3.05) is 0 Å². The standard InChI is InChI=1S/C22H18ClNO/c23-17-12-10-15(11-13-17)20-14-21(19-9-5-4-8-18(19)20)24-22(25)16-6-2-1-3-7-16/h1-13,20-21H,14H2,(H,24,25)/t20-,21+/m0/s1. The molecule has 0 saturated heterocycles. The molecule has 0 spiro atoms. The molecule has 1 amide bonds. The Morgan fingerprint density at radius 1 is 0.840 bits per heavy atom. The average Bonchev–Trinajstić information content (AvgIpc) is 3.02. The summed E-state index contributed by atoms with van der Waals surface area (Å²) < 4.78 is 0. The molecule has 0 radical (unpaired) electrons. The van der Waals surface area contributed by atoms with Crippen LogP contribution in [0.4, 0.5) is 0 Å². The summed E-state index contributed by atoms with van der Waals surface area (Å²) in [5, 5.41) is 3.94. The van der Waals surface area contributed by atoms with Gasteiger partial charge in [-0.05, 0) is 47.4 Å². The molecule has 3 heteroatoms. The number of nitrogens with one attached hydrogen (secondary N) is 1. The molecule has 0 heterocycles. The quantitative estimate of drug-likeness (QED) is 0.680. The van der Waals surface area contributed by atoms with Gasteiger partial charge in [0.25, 0.3) is 5.91 Å². The van der Waals surface area contributed by atoms with Gasteiger partial charge in [0.15, 0.2) is 0 Å². The van der Waals surface area contributed by atoms with Crippen LogP contribution in [0.15, 0.2) is 78.9 Å². The maximum atomic E-state index is 12.6. The van der Waals surface area contributed by atoms with E-state index < -0.39 is 0 Å². The normalized spacial score (nSPS) is 18.6. The van der Waals surface area contributed by atoms with Crippen molar-refractivity contribution in [3.8, 4) is 0 Å². The summed E-state index contributed by atoms with van der Waals surface area (Å²) in [6.45, 7) is 0. The number of hydrogen-bond donors (Lipinski definition) is 1. The molecule has 0 fully saturated rings. The van der Waals surface area contributed by atoms with Crippen molar-refractivity contribution in [3.63, 3.8) is 0 Å². The lowest BCUT2D eigenvalue weighted by Crippen LogP contribution is -2.27. The lowest BCUT2D eigenvalue weighted by atomic mass is 9.93. The molecule has 124 valence electrons. The van der Waals surface area contributed by atoms with Crippen LogP contribution in [0.25, 0.3) is 0 Å². The van der Waals surface area contributed by atoms with E-state index in [2.05, 4.69) is 35.6 Å². The highest BCUT2D eigenvalue weighted by molar-refractivity contribution is 6.30. The number of amides is 1. The Morgan fingerprint density at radius 3 is 2.20 bits per heavy atom. The highest BCUT2D eigenvalue weighted by atomic mass is 35.5. The number of rotatable bonds is 3. The van der Waals surface area contributed by atoms with Gasteiger partial charge in [-0.25, -0.2) is 0 Å². The van der Waals surface area contributed by atoms with Crippen molar-refractivity contribution in [1.29, 1.82) is 0 Å². The van der Waals surface area contributed by atoms with E-state index in [1.165, 1.54) is 16.7 Å². The Labute approximate surface area is 152 Å². The summed E-state index contributed by atoms with van der Waals surface area (Å²) in [6.07, 6.45) is 0.861. The number of fused-ring (bicyclic) bond motifs is 1. The Balaban J connectivity index is 1.62. The van der Waals surface area contributed by atoms with Crippen molar-refractivity contribution in [3.05, 3.63) is 106 Å². The van der Waals surface area contributed by atoms with Crippen molar-refractivity contribution in [2.45, 2.75) is 18.4 Å². The van der Waals surface area contributed by atoms with E-state index in [1.807, 2.05) is 48.5 Å². The molecule has 4 rings (SSSR count). The Bertz CT molecular complexity index is 889. The second kappa shape index (κ2) is 6.73. The third-order valence-electron chi connectivity index (χ3n) is 4.83. The zero-order valence-corrected chi connectivity index (χ0v) is 14.4. The molecule has 1 aliphatic carbocycles. The first kappa shape index (κ1) is 15.9. The van der Waals surface area contributed by atoms with Gasteiger partial charge in [0.1, 0.15) is 0 Å². The molecule has 0 bridgehead atoms. The smallest absolute Gasteiger partial charge is 0.251 e. The third-order valence-corrected chi connectivity index (χ3v) is 5.08. The minimum atomic E-state index is -0.0304. The highest BCUT2D eigenvalue weighted by Gasteiger charge is 2.32. The maximum absolute atomic E-state index is 12.6. The molecule has 1 N–H and O–H groups in total. The molecular weight excluding hydrogens is 330 g/mol. The molecule has 25 heavy (non-hydrogen) atoms. The summed E-state index contributed by atoms with van der Waals surface area (Å²) in [6, 6.07) is 25.7. The first-order valence-corrected chi connectivity index (χ1v) is 8.80. The first-order valence-electron chi connectivity index (χ1n) is 8.42. The van der Waals surface area contributed by atoms with E-state index in [4.69, 9.17) is 11.6 Å². The van der Waals surface area contributed by atoms with Gasteiger partial charge in [0.2, 0.25) is 0 Å². The van der Waals surface area contributed by atoms with Gasteiger partial charge in [0.05, 0.1) is 6.04 Å². The molecular formula is C22H18ClNO. The first-order chi connectivity index (χ1) is 12.2. The number of carbonyl (C=O) groups is 1. The Kier molecular flexibility index (Phi) is 4.29. The van der Waals surface area contributed by atoms with Crippen LogP contribution in [0.5, 0.6) is 0 Å². The minimum Gasteiger partial charge on any atom is -0.345 e. The summed E-state index contributed by atoms with van der Waals surface area (Å²) in [4.78, 5) is 12.6. The fraction of sp³-hybridized carbons (Fsp3) is 0.136. The van der Waals surface area contributed by atoms with Gasteiger partial charge in [-0.15, -0.1) is 0 Å². The largest absolute Gasteiger partial charge is 0.345 e. The average molecular weight is 348 g/mol. The lowest BCUT2D eigenvalue weighted by Gasteiger charge is -2.15. The zero-order chi connectivity index (χ0) is 17.2. The van der Waals surface area contributed by atoms with Crippen LogP contribution in [0.1, 0.15) is 45.4 Å². The van der Waals surface area contributed by atoms with Crippen molar-refractivity contribution >= 4 is 17.5 Å². The molecule has 0 aliphatic heterocycles. The van der Waals surface area contributed by atoms with Crippen LogP contribution >= 0.6 is 11.6 Å². The summed E-state index contributed by atoms with van der Waals surface area (Å²) >= 11 is 6.03. The summed E-state index contributed by atoms with van der Waals surface area (Å²) in [7, 11) is 0. The van der Waals surface area contributed by atoms with Crippen LogP contribution in [-0.4, -0.2) is 5.91 Å². The fourth-order valence-electron chi connectivity index (χ4n) is 3.61. The van der Waals surface area contributed by atoms with Gasteiger partial charge < -0.3 is 5.32 Å². The van der Waals surface area contributed by atoms with E-state index in [1.54, 1.807) is 0 Å². The van der Waals surface area contributed by atoms with Crippen molar-refractivity contribution in [1.82, 2.24) is 5.32 Å². The van der Waals surface area contributed by atoms with E-state index in [0.717, 1.165) is 11.4 Å². The van der Waals surface area contributed by atoms with Gasteiger partial charge in [-0.2, -0.15) is 0 Å². The molecule has 0 unspecified atom stereocenters. The van der Waals surface area contributed by atoms with E-state index >= 15 is 0 Å². The lowest BCUT2D eigenvalue weighted by molar-refractivity contribution is 0.0936. The summed E-state index contributed by atoms with van der Waals surface area (Å²) in [5.41, 5.74) is 4.40. The predicted molar refractivity (Wildman–Crippen MR) is 101 cm³/mol. The highest BCUT2D eigenvalue weighted by Crippen LogP contribution is 2.44. The van der Waals surface area contributed by atoms with Gasteiger partial charge >= 0.3 is 0 Å². The Morgan fingerprint density at radius 2 is 1.48 bits per heavy atom. The van der Waals surface area contributed by atoms with E-state index in [0.29, 0.717) is 5.56 Å². The molecule has 3 aromatic carbocycles. The number of benzene rings is 3. The second-order valence-corrected chi connectivity index (χ2v) is 6.80.